The number of aliphatic imine (C=N–C) groups is 1. The molecule has 0 aliphatic heterocycles. The molecule has 0 aliphatic rings. The molecule has 0 heterocycles. The Morgan fingerprint density at radius 2 is 1.71 bits per heavy atom. The van der Waals surface area contributed by atoms with Gasteiger partial charge in [-0.1, -0.05) is 24.3 Å². The monoisotopic (exact) mass is 329 g/mol. The number of hydrogen-bond acceptors (Lipinski definition) is 4. The van der Waals surface area contributed by atoms with Gasteiger partial charge in [-0.25, -0.2) is 0 Å². The molecule has 2 rings (SSSR count). The van der Waals surface area contributed by atoms with Gasteiger partial charge in [-0.05, 0) is 29.7 Å². The highest BCUT2D eigenvalue weighted by molar-refractivity contribution is 5.92. The Morgan fingerprint density at radius 3 is 2.33 bits per heavy atom. The van der Waals surface area contributed by atoms with E-state index in [2.05, 4.69) is 10.3 Å². The second-order valence-electron chi connectivity index (χ2n) is 5.19. The summed E-state index contributed by atoms with van der Waals surface area (Å²) in [4.78, 5) is 4.32. The lowest BCUT2D eigenvalue weighted by Crippen LogP contribution is -2.23. The summed E-state index contributed by atoms with van der Waals surface area (Å²) < 4.78 is 10.4. The predicted octanol–water partition coefficient (Wildman–Crippen LogP) is 2.17. The summed E-state index contributed by atoms with van der Waals surface area (Å²) in [6, 6.07) is 13.2. The van der Waals surface area contributed by atoms with Gasteiger partial charge in [-0.2, -0.15) is 0 Å². The minimum atomic E-state index is 0.0562. The van der Waals surface area contributed by atoms with E-state index in [1.807, 2.05) is 30.3 Å². The Kier molecular flexibility index (Phi) is 6.45. The van der Waals surface area contributed by atoms with E-state index >= 15 is 0 Å². The third kappa shape index (κ3) is 4.89. The van der Waals surface area contributed by atoms with E-state index in [1.54, 1.807) is 26.4 Å². The van der Waals surface area contributed by atoms with Crippen LogP contribution in [-0.2, 0) is 13.0 Å². The fourth-order valence-electron chi connectivity index (χ4n) is 2.22. The van der Waals surface area contributed by atoms with Crippen molar-refractivity contribution in [1.82, 2.24) is 0 Å². The molecule has 0 atom stereocenters. The lowest BCUT2D eigenvalue weighted by Gasteiger charge is -2.11. The normalized spacial score (nSPS) is 11.2. The molecule has 0 spiro atoms. The number of rotatable bonds is 7. The SMILES string of the molecule is COc1ccc(NC(N)=NCCc2ccc(CO)cc2)cc1OC. The van der Waals surface area contributed by atoms with Gasteiger partial charge >= 0.3 is 0 Å². The van der Waals surface area contributed by atoms with Gasteiger partial charge in [0.25, 0.3) is 0 Å². The first-order chi connectivity index (χ1) is 11.7. The molecule has 128 valence electrons. The van der Waals surface area contributed by atoms with E-state index < -0.39 is 0 Å². The number of anilines is 1. The summed E-state index contributed by atoms with van der Waals surface area (Å²) >= 11 is 0. The first-order valence-electron chi connectivity index (χ1n) is 7.64. The van der Waals surface area contributed by atoms with Crippen molar-refractivity contribution in [2.75, 3.05) is 26.1 Å². The fourth-order valence-corrected chi connectivity index (χ4v) is 2.22. The van der Waals surface area contributed by atoms with Crippen LogP contribution in [0, 0.1) is 0 Å². The highest BCUT2D eigenvalue weighted by Crippen LogP contribution is 2.29. The third-order valence-electron chi connectivity index (χ3n) is 3.54. The highest BCUT2D eigenvalue weighted by atomic mass is 16.5. The lowest BCUT2D eigenvalue weighted by molar-refractivity contribution is 0.282. The van der Waals surface area contributed by atoms with Crippen molar-refractivity contribution in [3.05, 3.63) is 53.6 Å². The maximum Gasteiger partial charge on any atom is 0.193 e. The van der Waals surface area contributed by atoms with E-state index in [4.69, 9.17) is 20.3 Å². The number of guanidine groups is 1. The number of nitrogens with zero attached hydrogens (tertiary/aromatic N) is 1. The quantitative estimate of drug-likeness (QED) is 0.535. The molecule has 2 aromatic rings. The van der Waals surface area contributed by atoms with Crippen molar-refractivity contribution in [3.63, 3.8) is 0 Å². The fraction of sp³-hybridized carbons (Fsp3) is 0.278. The van der Waals surface area contributed by atoms with Crippen LogP contribution in [0.2, 0.25) is 0 Å². The number of nitrogens with two attached hydrogens (primary N) is 1. The summed E-state index contributed by atoms with van der Waals surface area (Å²) in [6.45, 7) is 0.630. The first-order valence-corrected chi connectivity index (χ1v) is 7.64. The van der Waals surface area contributed by atoms with E-state index in [9.17, 15) is 0 Å². The second kappa shape index (κ2) is 8.79. The maximum absolute atomic E-state index is 9.02. The molecule has 2 aromatic carbocycles. The molecule has 0 bridgehead atoms. The Labute approximate surface area is 141 Å². The minimum Gasteiger partial charge on any atom is -0.493 e. The zero-order valence-corrected chi connectivity index (χ0v) is 14.0. The number of benzene rings is 2. The van der Waals surface area contributed by atoms with Crippen molar-refractivity contribution in [3.8, 4) is 11.5 Å². The van der Waals surface area contributed by atoms with Crippen LogP contribution in [0.5, 0.6) is 11.5 Å². The summed E-state index contributed by atoms with van der Waals surface area (Å²) in [5.41, 5.74) is 8.74. The number of nitrogens with one attached hydrogen (secondary N) is 1. The molecule has 0 amide bonds. The third-order valence-corrected chi connectivity index (χ3v) is 3.54. The maximum atomic E-state index is 9.02. The van der Waals surface area contributed by atoms with Crippen molar-refractivity contribution in [2.45, 2.75) is 13.0 Å². The van der Waals surface area contributed by atoms with Crippen LogP contribution in [0.3, 0.4) is 0 Å². The van der Waals surface area contributed by atoms with Gasteiger partial charge in [0.15, 0.2) is 17.5 Å². The van der Waals surface area contributed by atoms with Gasteiger partial charge in [-0.15, -0.1) is 0 Å². The van der Waals surface area contributed by atoms with Crippen LogP contribution < -0.4 is 20.5 Å². The van der Waals surface area contributed by atoms with Crippen molar-refractivity contribution in [2.24, 2.45) is 10.7 Å². The molecule has 0 fully saturated rings. The number of methoxy groups -OCH3 is 2. The van der Waals surface area contributed by atoms with Gasteiger partial charge in [0.1, 0.15) is 0 Å². The largest absolute Gasteiger partial charge is 0.493 e. The minimum absolute atomic E-state index is 0.0562. The van der Waals surface area contributed by atoms with Gasteiger partial charge in [0, 0.05) is 18.3 Å². The molecule has 0 saturated carbocycles. The van der Waals surface area contributed by atoms with Crippen LogP contribution in [-0.4, -0.2) is 31.8 Å². The molecule has 6 nitrogen and oxygen atoms in total. The second-order valence-corrected chi connectivity index (χ2v) is 5.19. The Balaban J connectivity index is 1.91. The van der Waals surface area contributed by atoms with Gasteiger partial charge < -0.3 is 25.6 Å². The lowest BCUT2D eigenvalue weighted by atomic mass is 10.1. The van der Waals surface area contributed by atoms with Crippen molar-refractivity contribution < 1.29 is 14.6 Å². The molecule has 0 saturated heterocycles. The zero-order chi connectivity index (χ0) is 17.4. The summed E-state index contributed by atoms with van der Waals surface area (Å²) in [6.07, 6.45) is 0.778. The molecule has 6 heteroatoms. The van der Waals surface area contributed by atoms with Crippen LogP contribution in [0.1, 0.15) is 11.1 Å². The average molecular weight is 329 g/mol. The van der Waals surface area contributed by atoms with Gasteiger partial charge in [-0.3, -0.25) is 4.99 Å². The molecule has 4 N–H and O–H groups in total. The smallest absolute Gasteiger partial charge is 0.193 e. The molecule has 24 heavy (non-hydrogen) atoms. The molecular formula is C18H23N3O3. The number of hydrogen-bond donors (Lipinski definition) is 3. The van der Waals surface area contributed by atoms with E-state index in [1.165, 1.54) is 0 Å². The van der Waals surface area contributed by atoms with Crippen LogP contribution >= 0.6 is 0 Å². The van der Waals surface area contributed by atoms with Crippen molar-refractivity contribution >= 4 is 11.6 Å². The predicted molar refractivity (Wildman–Crippen MR) is 95.7 cm³/mol. The summed E-state index contributed by atoms with van der Waals surface area (Å²) in [5, 5.41) is 12.1. The topological polar surface area (TPSA) is 89.1 Å². The molecule has 0 aliphatic carbocycles. The van der Waals surface area contributed by atoms with Crippen LogP contribution in [0.4, 0.5) is 5.69 Å². The molecule has 0 radical (unpaired) electrons. The molecule has 0 unspecified atom stereocenters. The van der Waals surface area contributed by atoms with Gasteiger partial charge in [0.2, 0.25) is 0 Å². The zero-order valence-electron chi connectivity index (χ0n) is 14.0. The van der Waals surface area contributed by atoms with E-state index in [-0.39, 0.29) is 6.61 Å². The molecule has 0 aromatic heterocycles. The summed E-state index contributed by atoms with van der Waals surface area (Å²) in [5.74, 6) is 1.62. The number of ether oxygens (including phenoxy) is 2. The summed E-state index contributed by atoms with van der Waals surface area (Å²) in [7, 11) is 3.18. The van der Waals surface area contributed by atoms with Crippen molar-refractivity contribution in [1.29, 1.82) is 0 Å². The van der Waals surface area contributed by atoms with E-state index in [0.29, 0.717) is 24.0 Å². The van der Waals surface area contributed by atoms with Gasteiger partial charge in [0.05, 0.1) is 20.8 Å². The Bertz CT molecular complexity index is 684. The van der Waals surface area contributed by atoms with E-state index in [0.717, 1.165) is 23.2 Å². The highest BCUT2D eigenvalue weighted by Gasteiger charge is 2.05. The van der Waals surface area contributed by atoms with Crippen LogP contribution in [0.15, 0.2) is 47.5 Å². The van der Waals surface area contributed by atoms with Crippen LogP contribution in [0.25, 0.3) is 0 Å². The average Bonchev–Trinajstić information content (AvgIpc) is 2.62. The Morgan fingerprint density at radius 1 is 1.04 bits per heavy atom. The number of aliphatic hydroxyl groups is 1. The molecular weight excluding hydrogens is 306 g/mol. The first kappa shape index (κ1) is 17.6. The Hall–Kier alpha value is -2.73. The number of aliphatic hydroxyl groups excluding tert-OH is 1. The standard InChI is InChI=1S/C18H23N3O3/c1-23-16-8-7-15(11-17(16)24-2)21-18(19)20-10-9-13-3-5-14(12-22)6-4-13/h3-8,11,22H,9-10,12H2,1-2H3,(H3,19,20,21).